The summed E-state index contributed by atoms with van der Waals surface area (Å²) in [5.41, 5.74) is 8.04. The Bertz CT molecular complexity index is 1570. The third kappa shape index (κ3) is 6.79. The van der Waals surface area contributed by atoms with E-state index in [1.807, 2.05) is 30.3 Å². The number of rotatable bonds is 11. The minimum atomic E-state index is -4.06. The molecule has 10 nitrogen and oxygen atoms in total. The number of nitrogens with one attached hydrogen (secondary N) is 1. The second-order valence-electron chi connectivity index (χ2n) is 8.83. The number of aromatic nitrogens is 1. The van der Waals surface area contributed by atoms with E-state index in [0.717, 1.165) is 15.8 Å². The number of benzene rings is 3. The third-order valence-electron chi connectivity index (χ3n) is 6.05. The largest absolute Gasteiger partial charge is 0.409 e. The van der Waals surface area contributed by atoms with E-state index in [9.17, 15) is 13.2 Å². The van der Waals surface area contributed by atoms with Gasteiger partial charge < -0.3 is 20.6 Å². The Kier molecular flexibility index (Phi) is 8.92. The zero-order chi connectivity index (χ0) is 28.0. The molecule has 1 heterocycles. The molecule has 0 aliphatic heterocycles. The summed E-state index contributed by atoms with van der Waals surface area (Å²) in [4.78, 5) is 19.0. The van der Waals surface area contributed by atoms with Gasteiger partial charge in [0.05, 0.1) is 27.8 Å². The molecule has 0 saturated heterocycles. The number of sulfonamides is 1. The molecule has 12 heteroatoms. The van der Waals surface area contributed by atoms with Gasteiger partial charge in [0.2, 0.25) is 10.0 Å². The summed E-state index contributed by atoms with van der Waals surface area (Å²) in [6.45, 7) is 0.734. The second-order valence-corrected chi connectivity index (χ2v) is 11.6. The molecule has 4 rings (SSSR count). The van der Waals surface area contributed by atoms with Crippen LogP contribution in [0, 0.1) is 0 Å². The molecule has 0 aliphatic rings. The zero-order valence-corrected chi connectivity index (χ0v) is 23.1. The fraction of sp³-hybridized carbons (Fsp3) is 0.222. The first kappa shape index (κ1) is 28.2. The molecule has 1 amide bonds. The van der Waals surface area contributed by atoms with E-state index < -0.39 is 16.1 Å². The van der Waals surface area contributed by atoms with Crippen molar-refractivity contribution >= 4 is 43.3 Å². The van der Waals surface area contributed by atoms with Crippen molar-refractivity contribution in [1.82, 2.24) is 14.6 Å². The van der Waals surface area contributed by atoms with E-state index in [2.05, 4.69) is 14.9 Å². The number of ether oxygens (including phenoxy) is 1. The summed E-state index contributed by atoms with van der Waals surface area (Å²) in [7, 11) is -0.885. The van der Waals surface area contributed by atoms with Gasteiger partial charge in [-0.1, -0.05) is 41.6 Å². The van der Waals surface area contributed by atoms with Crippen molar-refractivity contribution in [3.8, 4) is 0 Å². The van der Waals surface area contributed by atoms with Gasteiger partial charge in [0.15, 0.2) is 5.84 Å². The highest BCUT2D eigenvalue weighted by Crippen LogP contribution is 2.30. The van der Waals surface area contributed by atoms with Crippen LogP contribution in [0.3, 0.4) is 0 Å². The number of oxime groups is 1. The topological polar surface area (TPSA) is 147 Å². The van der Waals surface area contributed by atoms with Crippen LogP contribution in [-0.4, -0.2) is 62.6 Å². The minimum absolute atomic E-state index is 0.0370. The second kappa shape index (κ2) is 12.3. The molecular weight excluding hydrogens is 538 g/mol. The predicted octanol–water partition coefficient (Wildman–Crippen LogP) is 3.37. The fourth-order valence-corrected chi connectivity index (χ4v) is 6.31. The SMILES string of the molecule is COCCN(C)C(=O)c1cccc(S(=O)(=O)NC(Cc2cccc(/C(N)=N\O)c2)c2nc3ccccc3s2)c1. The number of para-hydroxylation sites is 1. The number of likely N-dealkylation sites (N-methyl/N-ethyl adjacent to an activating group) is 1. The van der Waals surface area contributed by atoms with Crippen molar-refractivity contribution < 1.29 is 23.2 Å². The summed E-state index contributed by atoms with van der Waals surface area (Å²) in [6.07, 6.45) is 0.254. The Morgan fingerprint density at radius 2 is 1.87 bits per heavy atom. The molecule has 0 saturated carbocycles. The number of hydrogen-bond donors (Lipinski definition) is 3. The third-order valence-corrected chi connectivity index (χ3v) is 8.66. The number of amidine groups is 1. The summed E-state index contributed by atoms with van der Waals surface area (Å²) < 4.78 is 36.0. The molecule has 4 N–H and O–H groups in total. The van der Waals surface area contributed by atoms with Crippen molar-refractivity contribution in [2.75, 3.05) is 27.3 Å². The number of amides is 1. The van der Waals surface area contributed by atoms with E-state index >= 15 is 0 Å². The van der Waals surface area contributed by atoms with Crippen LogP contribution < -0.4 is 10.5 Å². The van der Waals surface area contributed by atoms with Gasteiger partial charge in [0.25, 0.3) is 5.91 Å². The summed E-state index contributed by atoms with van der Waals surface area (Å²) in [5.74, 6) is -0.363. The van der Waals surface area contributed by atoms with Crippen LogP contribution in [-0.2, 0) is 21.2 Å². The van der Waals surface area contributed by atoms with Crippen LogP contribution in [0.5, 0.6) is 0 Å². The maximum Gasteiger partial charge on any atom is 0.253 e. The monoisotopic (exact) mass is 567 g/mol. The van der Waals surface area contributed by atoms with Crippen molar-refractivity contribution in [3.63, 3.8) is 0 Å². The Morgan fingerprint density at radius 1 is 1.13 bits per heavy atom. The van der Waals surface area contributed by atoms with Gasteiger partial charge in [-0.25, -0.2) is 18.1 Å². The maximum absolute atomic E-state index is 13.6. The first-order valence-corrected chi connectivity index (χ1v) is 14.3. The first-order chi connectivity index (χ1) is 18.7. The summed E-state index contributed by atoms with van der Waals surface area (Å²) in [5, 5.41) is 12.7. The number of methoxy groups -OCH3 is 1. The minimum Gasteiger partial charge on any atom is -0.409 e. The predicted molar refractivity (Wildman–Crippen MR) is 151 cm³/mol. The number of carbonyl (C=O) groups is 1. The molecule has 1 unspecified atom stereocenters. The average Bonchev–Trinajstić information content (AvgIpc) is 3.39. The van der Waals surface area contributed by atoms with Crippen LogP contribution in [0.1, 0.15) is 32.5 Å². The smallest absolute Gasteiger partial charge is 0.253 e. The molecule has 0 spiro atoms. The van der Waals surface area contributed by atoms with Gasteiger partial charge in [0.1, 0.15) is 5.01 Å². The van der Waals surface area contributed by atoms with Crippen molar-refractivity contribution in [2.45, 2.75) is 17.4 Å². The number of hydrogen-bond acceptors (Lipinski definition) is 8. The molecule has 0 fully saturated rings. The lowest BCUT2D eigenvalue weighted by molar-refractivity contribution is 0.0744. The molecule has 1 aromatic heterocycles. The van der Waals surface area contributed by atoms with Crippen molar-refractivity contribution in [1.29, 1.82) is 0 Å². The van der Waals surface area contributed by atoms with Crippen LogP contribution in [0.25, 0.3) is 10.2 Å². The highest BCUT2D eigenvalue weighted by molar-refractivity contribution is 7.89. The van der Waals surface area contributed by atoms with Gasteiger partial charge in [-0.3, -0.25) is 4.79 Å². The molecule has 0 aliphatic carbocycles. The van der Waals surface area contributed by atoms with Crippen LogP contribution in [0.2, 0.25) is 0 Å². The highest BCUT2D eigenvalue weighted by Gasteiger charge is 2.26. The van der Waals surface area contributed by atoms with E-state index in [1.165, 1.54) is 28.4 Å². The Labute approximate surface area is 230 Å². The fourth-order valence-electron chi connectivity index (χ4n) is 3.97. The van der Waals surface area contributed by atoms with Crippen LogP contribution in [0.4, 0.5) is 0 Å². The molecule has 0 radical (unpaired) electrons. The van der Waals surface area contributed by atoms with Gasteiger partial charge in [-0.15, -0.1) is 11.3 Å². The zero-order valence-electron chi connectivity index (χ0n) is 21.4. The molecule has 0 bridgehead atoms. The number of fused-ring (bicyclic) bond motifs is 1. The summed E-state index contributed by atoms with van der Waals surface area (Å²) >= 11 is 1.40. The lowest BCUT2D eigenvalue weighted by atomic mass is 10.0. The number of nitrogens with zero attached hydrogens (tertiary/aromatic N) is 3. The first-order valence-electron chi connectivity index (χ1n) is 12.0. The quantitative estimate of drug-likeness (QED) is 0.109. The van der Waals surface area contributed by atoms with Crippen molar-refractivity contribution in [2.24, 2.45) is 10.9 Å². The summed E-state index contributed by atoms with van der Waals surface area (Å²) in [6, 6.07) is 19.8. The molecular formula is C27H29N5O5S2. The van der Waals surface area contributed by atoms with Crippen LogP contribution >= 0.6 is 11.3 Å². The lowest BCUT2D eigenvalue weighted by Crippen LogP contribution is -2.31. The van der Waals surface area contributed by atoms with Crippen LogP contribution in [0.15, 0.2) is 82.8 Å². The Balaban J connectivity index is 1.67. The maximum atomic E-state index is 13.6. The number of carbonyl (C=O) groups excluding carboxylic acids is 1. The van der Waals surface area contributed by atoms with Gasteiger partial charge in [0, 0.05) is 31.8 Å². The number of nitrogens with two attached hydrogens (primary N) is 1. The van der Waals surface area contributed by atoms with Gasteiger partial charge in [-0.2, -0.15) is 0 Å². The molecule has 3 aromatic carbocycles. The van der Waals surface area contributed by atoms with Crippen molar-refractivity contribution in [3.05, 3.63) is 94.5 Å². The average molecular weight is 568 g/mol. The molecule has 1 atom stereocenters. The van der Waals surface area contributed by atoms with E-state index in [4.69, 9.17) is 15.7 Å². The van der Waals surface area contributed by atoms with E-state index in [-0.39, 0.29) is 28.6 Å². The van der Waals surface area contributed by atoms with Gasteiger partial charge in [-0.05, 0) is 48.4 Å². The normalized spacial score (nSPS) is 12.9. The number of thiazole rings is 1. The Morgan fingerprint density at radius 3 is 2.62 bits per heavy atom. The van der Waals surface area contributed by atoms with E-state index in [0.29, 0.717) is 23.7 Å². The molecule has 204 valence electrons. The Hall–Kier alpha value is -3.84. The van der Waals surface area contributed by atoms with Gasteiger partial charge >= 0.3 is 0 Å². The molecule has 39 heavy (non-hydrogen) atoms. The van der Waals surface area contributed by atoms with E-state index in [1.54, 1.807) is 44.5 Å². The molecule has 4 aromatic rings. The standard InChI is InChI=1S/C27H29N5O5S2/c1-32(13-14-37-2)27(33)20-9-6-10-21(17-20)39(35,36)31-23(26-29-22-11-3-4-12-24(22)38-26)16-18-7-5-8-19(15-18)25(28)30-34/h3-12,15,17,23,31,34H,13-14,16H2,1-2H3,(H2,28,30). The highest BCUT2D eigenvalue weighted by atomic mass is 32.2. The lowest BCUT2D eigenvalue weighted by Gasteiger charge is -2.19.